The number of carboxylic acid groups (broad SMARTS) is 1. The zero-order valence-corrected chi connectivity index (χ0v) is 9.95. The Labute approximate surface area is 103 Å². The number of nitrogens with zero attached hydrogens (tertiary/aromatic N) is 1. The summed E-state index contributed by atoms with van der Waals surface area (Å²) in [5.74, 6) is -0.457. The second-order valence-electron chi connectivity index (χ2n) is 3.74. The second kappa shape index (κ2) is 4.59. The molecular formula is C12H11ClN2O2. The van der Waals surface area contributed by atoms with Crippen LogP contribution >= 0.6 is 11.6 Å². The topological polar surface area (TPSA) is 66.0 Å². The van der Waals surface area contributed by atoms with Gasteiger partial charge in [-0.3, -0.25) is 4.79 Å². The number of aliphatic carboxylic acids is 1. The van der Waals surface area contributed by atoms with Crippen molar-refractivity contribution in [2.45, 2.75) is 13.3 Å². The van der Waals surface area contributed by atoms with Gasteiger partial charge in [-0.2, -0.15) is 0 Å². The van der Waals surface area contributed by atoms with Crippen LogP contribution < -0.4 is 0 Å². The van der Waals surface area contributed by atoms with E-state index in [9.17, 15) is 4.79 Å². The van der Waals surface area contributed by atoms with Crippen molar-refractivity contribution in [2.75, 3.05) is 0 Å². The van der Waals surface area contributed by atoms with Crippen LogP contribution in [0.15, 0.2) is 24.3 Å². The summed E-state index contributed by atoms with van der Waals surface area (Å²) >= 11 is 5.91. The zero-order chi connectivity index (χ0) is 12.4. The van der Waals surface area contributed by atoms with Crippen LogP contribution in [0, 0.1) is 6.92 Å². The summed E-state index contributed by atoms with van der Waals surface area (Å²) < 4.78 is 0. The molecule has 1 aromatic heterocycles. The summed E-state index contributed by atoms with van der Waals surface area (Å²) in [4.78, 5) is 17.8. The highest BCUT2D eigenvalue weighted by molar-refractivity contribution is 6.30. The number of halogens is 1. The summed E-state index contributed by atoms with van der Waals surface area (Å²) in [5, 5.41) is 9.33. The van der Waals surface area contributed by atoms with E-state index in [-0.39, 0.29) is 6.42 Å². The number of nitrogens with one attached hydrogen (secondary N) is 1. The van der Waals surface area contributed by atoms with E-state index >= 15 is 0 Å². The number of H-pyrrole nitrogens is 1. The first kappa shape index (κ1) is 11.7. The lowest BCUT2D eigenvalue weighted by atomic mass is 10.1. The zero-order valence-electron chi connectivity index (χ0n) is 9.20. The third-order valence-electron chi connectivity index (χ3n) is 2.35. The van der Waals surface area contributed by atoms with E-state index in [2.05, 4.69) is 9.97 Å². The molecule has 0 radical (unpaired) electrons. The van der Waals surface area contributed by atoms with Gasteiger partial charge < -0.3 is 10.1 Å². The van der Waals surface area contributed by atoms with Gasteiger partial charge >= 0.3 is 5.97 Å². The van der Waals surface area contributed by atoms with Crippen molar-refractivity contribution in [1.29, 1.82) is 0 Å². The van der Waals surface area contributed by atoms with Crippen LogP contribution in [0.1, 0.15) is 11.5 Å². The molecule has 2 aromatic rings. The van der Waals surface area contributed by atoms with Crippen LogP contribution in [-0.4, -0.2) is 21.0 Å². The molecule has 4 nitrogen and oxygen atoms in total. The minimum absolute atomic E-state index is 0.110. The van der Waals surface area contributed by atoms with Crippen LogP contribution in [0.5, 0.6) is 0 Å². The minimum Gasteiger partial charge on any atom is -0.481 e. The van der Waals surface area contributed by atoms with Crippen molar-refractivity contribution < 1.29 is 9.90 Å². The standard InChI is InChI=1S/C12H11ClN2O2/c1-7-12(8-3-2-4-9(13)5-8)15-10(14-7)6-11(16)17/h2-5H,6H2,1H3,(H,14,15)(H,16,17). The molecule has 5 heteroatoms. The molecule has 1 heterocycles. The number of hydrogen-bond acceptors (Lipinski definition) is 2. The maximum absolute atomic E-state index is 10.6. The average Bonchev–Trinajstić information content (AvgIpc) is 2.58. The van der Waals surface area contributed by atoms with E-state index in [1.807, 2.05) is 19.1 Å². The molecule has 0 bridgehead atoms. The Morgan fingerprint density at radius 2 is 2.29 bits per heavy atom. The molecule has 0 fully saturated rings. The van der Waals surface area contributed by atoms with Gasteiger partial charge in [-0.05, 0) is 19.1 Å². The number of hydrogen-bond donors (Lipinski definition) is 2. The molecule has 0 amide bonds. The Bertz CT molecular complexity index is 563. The van der Waals surface area contributed by atoms with E-state index in [1.165, 1.54) is 0 Å². The van der Waals surface area contributed by atoms with Gasteiger partial charge in [0.25, 0.3) is 0 Å². The highest BCUT2D eigenvalue weighted by atomic mass is 35.5. The van der Waals surface area contributed by atoms with Gasteiger partial charge in [0.15, 0.2) is 0 Å². The molecule has 88 valence electrons. The Kier molecular flexibility index (Phi) is 3.15. The normalized spacial score (nSPS) is 10.5. The van der Waals surface area contributed by atoms with Gasteiger partial charge in [-0.15, -0.1) is 0 Å². The number of aromatic nitrogens is 2. The first-order valence-electron chi connectivity index (χ1n) is 5.09. The van der Waals surface area contributed by atoms with Gasteiger partial charge in [0.05, 0.1) is 5.69 Å². The summed E-state index contributed by atoms with van der Waals surface area (Å²) in [6, 6.07) is 7.31. The maximum atomic E-state index is 10.6. The summed E-state index contributed by atoms with van der Waals surface area (Å²) in [5.41, 5.74) is 2.45. The third kappa shape index (κ3) is 2.65. The van der Waals surface area contributed by atoms with Crippen LogP contribution in [0.2, 0.25) is 5.02 Å². The lowest BCUT2D eigenvalue weighted by Gasteiger charge is -1.98. The molecule has 1 aromatic carbocycles. The average molecular weight is 251 g/mol. The quantitative estimate of drug-likeness (QED) is 0.880. The lowest BCUT2D eigenvalue weighted by molar-refractivity contribution is -0.136. The van der Waals surface area contributed by atoms with Crippen LogP contribution in [0.3, 0.4) is 0 Å². The maximum Gasteiger partial charge on any atom is 0.311 e. The van der Waals surface area contributed by atoms with E-state index in [4.69, 9.17) is 16.7 Å². The largest absolute Gasteiger partial charge is 0.481 e. The Morgan fingerprint density at radius 3 is 2.94 bits per heavy atom. The monoisotopic (exact) mass is 250 g/mol. The minimum atomic E-state index is -0.906. The van der Waals surface area contributed by atoms with Crippen molar-refractivity contribution >= 4 is 17.6 Å². The highest BCUT2D eigenvalue weighted by Crippen LogP contribution is 2.24. The molecule has 0 aliphatic carbocycles. The second-order valence-corrected chi connectivity index (χ2v) is 4.17. The smallest absolute Gasteiger partial charge is 0.311 e. The van der Waals surface area contributed by atoms with Gasteiger partial charge in [0, 0.05) is 16.3 Å². The Hall–Kier alpha value is -1.81. The molecule has 0 saturated heterocycles. The van der Waals surface area contributed by atoms with Gasteiger partial charge in [0.2, 0.25) is 0 Å². The van der Waals surface area contributed by atoms with Crippen LogP contribution in [-0.2, 0) is 11.2 Å². The molecule has 2 N–H and O–H groups in total. The SMILES string of the molecule is Cc1[nH]c(CC(=O)O)nc1-c1cccc(Cl)c1. The first-order chi connectivity index (χ1) is 8.06. The molecule has 0 aliphatic rings. The fourth-order valence-electron chi connectivity index (χ4n) is 1.67. The van der Waals surface area contributed by atoms with Crippen LogP contribution in [0.4, 0.5) is 0 Å². The molecule has 0 saturated carbocycles. The van der Waals surface area contributed by atoms with E-state index in [0.717, 1.165) is 17.0 Å². The van der Waals surface area contributed by atoms with Crippen molar-refractivity contribution in [3.05, 3.63) is 40.8 Å². The molecular weight excluding hydrogens is 240 g/mol. The predicted molar refractivity (Wildman–Crippen MR) is 65.1 cm³/mol. The van der Waals surface area contributed by atoms with Crippen molar-refractivity contribution in [3.63, 3.8) is 0 Å². The van der Waals surface area contributed by atoms with Crippen LogP contribution in [0.25, 0.3) is 11.3 Å². The molecule has 0 unspecified atom stereocenters. The summed E-state index contributed by atoms with van der Waals surface area (Å²) in [6.07, 6.45) is -0.110. The number of aryl methyl sites for hydroxylation is 1. The molecule has 0 aliphatic heterocycles. The number of aromatic amines is 1. The number of imidazole rings is 1. The molecule has 17 heavy (non-hydrogen) atoms. The van der Waals surface area contributed by atoms with Crippen molar-refractivity contribution in [1.82, 2.24) is 9.97 Å². The molecule has 0 spiro atoms. The third-order valence-corrected chi connectivity index (χ3v) is 2.59. The molecule has 2 rings (SSSR count). The highest BCUT2D eigenvalue weighted by Gasteiger charge is 2.11. The van der Waals surface area contributed by atoms with Gasteiger partial charge in [-0.1, -0.05) is 23.7 Å². The molecule has 0 atom stereocenters. The Balaban J connectivity index is 2.39. The number of carbonyl (C=O) groups is 1. The van der Waals surface area contributed by atoms with E-state index in [1.54, 1.807) is 12.1 Å². The predicted octanol–water partition coefficient (Wildman–Crippen LogP) is 2.67. The first-order valence-corrected chi connectivity index (χ1v) is 5.47. The van der Waals surface area contributed by atoms with E-state index in [0.29, 0.717) is 10.8 Å². The van der Waals surface area contributed by atoms with Crippen molar-refractivity contribution in [3.8, 4) is 11.3 Å². The van der Waals surface area contributed by atoms with Gasteiger partial charge in [-0.25, -0.2) is 4.98 Å². The number of rotatable bonds is 3. The van der Waals surface area contributed by atoms with E-state index < -0.39 is 5.97 Å². The number of benzene rings is 1. The Morgan fingerprint density at radius 1 is 1.53 bits per heavy atom. The summed E-state index contributed by atoms with van der Waals surface area (Å²) in [7, 11) is 0. The van der Waals surface area contributed by atoms with Gasteiger partial charge in [0.1, 0.15) is 12.2 Å². The fraction of sp³-hybridized carbons (Fsp3) is 0.167. The van der Waals surface area contributed by atoms with Crippen molar-refractivity contribution in [2.24, 2.45) is 0 Å². The lowest BCUT2D eigenvalue weighted by Crippen LogP contribution is -2.01. The summed E-state index contributed by atoms with van der Waals surface area (Å²) in [6.45, 7) is 1.86. The fourth-order valence-corrected chi connectivity index (χ4v) is 1.86. The number of carboxylic acids is 1.